The molecular formula is C20H23F3N4. The van der Waals surface area contributed by atoms with Gasteiger partial charge in [-0.1, -0.05) is 13.8 Å². The third-order valence-electron chi connectivity index (χ3n) is 5.77. The van der Waals surface area contributed by atoms with Crippen LogP contribution in [-0.4, -0.2) is 22.6 Å². The number of anilines is 1. The van der Waals surface area contributed by atoms with Gasteiger partial charge in [-0.05, 0) is 42.9 Å². The summed E-state index contributed by atoms with van der Waals surface area (Å²) in [7, 11) is 1.84. The van der Waals surface area contributed by atoms with Gasteiger partial charge in [-0.3, -0.25) is 0 Å². The van der Waals surface area contributed by atoms with E-state index >= 15 is 0 Å². The van der Waals surface area contributed by atoms with E-state index in [1.807, 2.05) is 18.1 Å². The molecule has 2 unspecified atom stereocenters. The number of hydrogen-bond donors (Lipinski definition) is 0. The Labute approximate surface area is 157 Å². The molecule has 0 aliphatic heterocycles. The first kappa shape index (κ1) is 19.3. The van der Waals surface area contributed by atoms with Crippen molar-refractivity contribution >= 4 is 5.69 Å². The fourth-order valence-corrected chi connectivity index (χ4v) is 4.10. The van der Waals surface area contributed by atoms with Gasteiger partial charge in [0.15, 0.2) is 0 Å². The summed E-state index contributed by atoms with van der Waals surface area (Å²) in [5.41, 5.74) is -0.795. The monoisotopic (exact) mass is 376 g/mol. The molecule has 4 nitrogen and oxygen atoms in total. The van der Waals surface area contributed by atoms with Crippen molar-refractivity contribution in [1.29, 1.82) is 5.26 Å². The third kappa shape index (κ3) is 3.80. The van der Waals surface area contributed by atoms with Crippen molar-refractivity contribution in [1.82, 2.24) is 9.55 Å². The highest BCUT2D eigenvalue weighted by molar-refractivity contribution is 5.55. The molecule has 0 N–H and O–H groups in total. The minimum atomic E-state index is -4.55. The number of nitrogens with zero attached hydrogens (tertiary/aromatic N) is 4. The molecule has 27 heavy (non-hydrogen) atoms. The first-order chi connectivity index (χ1) is 12.6. The topological polar surface area (TPSA) is 44.9 Å². The highest BCUT2D eigenvalue weighted by Crippen LogP contribution is 2.44. The van der Waals surface area contributed by atoms with Gasteiger partial charge in [-0.25, -0.2) is 4.98 Å². The second-order valence-electron chi connectivity index (χ2n) is 7.89. The lowest BCUT2D eigenvalue weighted by atomic mass is 9.70. The molecule has 2 aromatic rings. The van der Waals surface area contributed by atoms with Crippen molar-refractivity contribution in [3.63, 3.8) is 0 Å². The fraction of sp³-hybridized carbons (Fsp3) is 0.500. The van der Waals surface area contributed by atoms with Crippen molar-refractivity contribution in [2.75, 3.05) is 11.9 Å². The Morgan fingerprint density at radius 1 is 1.33 bits per heavy atom. The van der Waals surface area contributed by atoms with Gasteiger partial charge in [0.05, 0.1) is 23.5 Å². The van der Waals surface area contributed by atoms with E-state index in [1.165, 1.54) is 6.07 Å². The molecule has 1 saturated carbocycles. The predicted molar refractivity (Wildman–Crippen MR) is 97.2 cm³/mol. The Morgan fingerprint density at radius 2 is 2.07 bits per heavy atom. The minimum Gasteiger partial charge on any atom is -0.371 e. The van der Waals surface area contributed by atoms with Crippen LogP contribution in [0.15, 0.2) is 36.9 Å². The van der Waals surface area contributed by atoms with Crippen LogP contribution in [0.3, 0.4) is 0 Å². The zero-order valence-corrected chi connectivity index (χ0v) is 15.7. The molecule has 7 heteroatoms. The average molecular weight is 376 g/mol. The summed E-state index contributed by atoms with van der Waals surface area (Å²) in [4.78, 5) is 6.04. The van der Waals surface area contributed by atoms with Crippen LogP contribution >= 0.6 is 0 Å². The summed E-state index contributed by atoms with van der Waals surface area (Å²) >= 11 is 0. The van der Waals surface area contributed by atoms with Gasteiger partial charge in [0.1, 0.15) is 0 Å². The molecule has 0 bridgehead atoms. The van der Waals surface area contributed by atoms with Crippen LogP contribution < -0.4 is 4.90 Å². The van der Waals surface area contributed by atoms with E-state index in [0.717, 1.165) is 25.3 Å². The number of nitriles is 1. The largest absolute Gasteiger partial charge is 0.417 e. The lowest BCUT2D eigenvalue weighted by molar-refractivity contribution is -0.137. The van der Waals surface area contributed by atoms with Crippen molar-refractivity contribution < 1.29 is 13.2 Å². The maximum Gasteiger partial charge on any atom is 0.417 e. The van der Waals surface area contributed by atoms with Crippen LogP contribution in [0, 0.1) is 16.7 Å². The lowest BCUT2D eigenvalue weighted by Gasteiger charge is -2.47. The molecule has 1 heterocycles. The van der Waals surface area contributed by atoms with Gasteiger partial charge < -0.3 is 9.47 Å². The van der Waals surface area contributed by atoms with Crippen molar-refractivity contribution in [3.05, 3.63) is 48.0 Å². The van der Waals surface area contributed by atoms with Crippen LogP contribution in [0.25, 0.3) is 0 Å². The number of imidazole rings is 1. The molecule has 1 aliphatic rings. The van der Waals surface area contributed by atoms with E-state index in [4.69, 9.17) is 5.26 Å². The van der Waals surface area contributed by atoms with Crippen LogP contribution in [0.4, 0.5) is 18.9 Å². The van der Waals surface area contributed by atoms with Gasteiger partial charge >= 0.3 is 6.18 Å². The molecule has 0 spiro atoms. The Hall–Kier alpha value is -2.49. The normalized spacial score (nSPS) is 22.3. The van der Waals surface area contributed by atoms with Crippen molar-refractivity contribution in [3.8, 4) is 6.07 Å². The van der Waals surface area contributed by atoms with Gasteiger partial charge in [0, 0.05) is 37.2 Å². The molecule has 0 amide bonds. The standard InChI is InChI=1S/C20H23F3N4/c1-19(2)7-6-16(27-9-8-25-13-27)11-18(19)26(3)15-5-4-14(12-24)17(10-15)20(21,22)23/h4-5,8-10,13,16,18H,6-7,11H2,1-3H3. The first-order valence-electron chi connectivity index (χ1n) is 8.95. The number of alkyl halides is 3. The summed E-state index contributed by atoms with van der Waals surface area (Å²) in [6, 6.07) is 5.93. The van der Waals surface area contributed by atoms with Crippen LogP contribution in [0.2, 0.25) is 0 Å². The molecule has 0 saturated heterocycles. The molecule has 1 aromatic carbocycles. The summed E-state index contributed by atoms with van der Waals surface area (Å²) < 4.78 is 42.1. The van der Waals surface area contributed by atoms with Crippen LogP contribution in [0.1, 0.15) is 50.3 Å². The van der Waals surface area contributed by atoms with Crippen molar-refractivity contribution in [2.45, 2.75) is 51.4 Å². The van der Waals surface area contributed by atoms with E-state index in [-0.39, 0.29) is 23.1 Å². The van der Waals surface area contributed by atoms with E-state index in [2.05, 4.69) is 23.4 Å². The first-order valence-corrected chi connectivity index (χ1v) is 8.95. The number of benzene rings is 1. The summed E-state index contributed by atoms with van der Waals surface area (Å²) in [5, 5.41) is 9.01. The number of aromatic nitrogens is 2. The van der Waals surface area contributed by atoms with E-state index in [9.17, 15) is 13.2 Å². The highest BCUT2D eigenvalue weighted by Gasteiger charge is 2.40. The van der Waals surface area contributed by atoms with Crippen LogP contribution in [-0.2, 0) is 6.18 Å². The SMILES string of the molecule is CN(c1ccc(C#N)c(C(F)(F)F)c1)C1CC(n2ccnc2)CCC1(C)C. The quantitative estimate of drug-likeness (QED) is 0.755. The molecule has 1 fully saturated rings. The lowest BCUT2D eigenvalue weighted by Crippen LogP contribution is -2.47. The number of rotatable bonds is 3. The smallest absolute Gasteiger partial charge is 0.371 e. The minimum absolute atomic E-state index is 0.0435. The Morgan fingerprint density at radius 3 is 2.67 bits per heavy atom. The average Bonchev–Trinajstić information content (AvgIpc) is 3.14. The zero-order valence-electron chi connectivity index (χ0n) is 15.7. The molecule has 1 aromatic heterocycles. The van der Waals surface area contributed by atoms with Crippen molar-refractivity contribution in [2.24, 2.45) is 5.41 Å². The highest BCUT2D eigenvalue weighted by atomic mass is 19.4. The second-order valence-corrected chi connectivity index (χ2v) is 7.89. The van der Waals surface area contributed by atoms with Gasteiger partial charge in [-0.15, -0.1) is 0 Å². The molecule has 3 rings (SSSR count). The zero-order chi connectivity index (χ0) is 19.8. The number of halogens is 3. The molecule has 0 radical (unpaired) electrons. The Kier molecular flexibility index (Phi) is 4.94. The van der Waals surface area contributed by atoms with E-state index in [0.29, 0.717) is 5.69 Å². The summed E-state index contributed by atoms with van der Waals surface area (Å²) in [6.45, 7) is 4.32. The predicted octanol–water partition coefficient (Wildman–Crippen LogP) is 5.03. The Balaban J connectivity index is 1.93. The van der Waals surface area contributed by atoms with Gasteiger partial charge in [0.2, 0.25) is 0 Å². The molecular weight excluding hydrogens is 353 g/mol. The fourth-order valence-electron chi connectivity index (χ4n) is 4.10. The Bertz CT molecular complexity index is 834. The third-order valence-corrected chi connectivity index (χ3v) is 5.77. The summed E-state index contributed by atoms with van der Waals surface area (Å²) in [6.07, 6.45) is 3.72. The van der Waals surface area contributed by atoms with Crippen LogP contribution in [0.5, 0.6) is 0 Å². The second kappa shape index (κ2) is 6.91. The van der Waals surface area contributed by atoms with E-state index in [1.54, 1.807) is 24.7 Å². The molecule has 1 aliphatic carbocycles. The van der Waals surface area contributed by atoms with Gasteiger partial charge in [0.25, 0.3) is 0 Å². The summed E-state index contributed by atoms with van der Waals surface area (Å²) in [5.74, 6) is 0. The molecule has 2 atom stereocenters. The maximum atomic E-state index is 13.3. The molecule has 144 valence electrons. The van der Waals surface area contributed by atoms with E-state index < -0.39 is 11.7 Å². The maximum absolute atomic E-state index is 13.3. The number of hydrogen-bond acceptors (Lipinski definition) is 3. The van der Waals surface area contributed by atoms with Gasteiger partial charge in [-0.2, -0.15) is 18.4 Å².